The Labute approximate surface area is 228 Å². The molecule has 196 valence electrons. The highest BCUT2D eigenvalue weighted by Gasteiger charge is 2.45. The van der Waals surface area contributed by atoms with E-state index in [0.717, 1.165) is 10.0 Å². The van der Waals surface area contributed by atoms with Crippen LogP contribution in [0, 0.1) is 0 Å². The fraction of sp³-hybridized carbons (Fsp3) is 0.207. The van der Waals surface area contributed by atoms with E-state index in [1.807, 2.05) is 12.1 Å². The van der Waals surface area contributed by atoms with Crippen molar-refractivity contribution in [2.45, 2.75) is 12.5 Å². The van der Waals surface area contributed by atoms with Gasteiger partial charge in [-0.05, 0) is 53.9 Å². The Morgan fingerprint density at radius 1 is 0.895 bits per heavy atom. The molecule has 1 N–H and O–H groups in total. The van der Waals surface area contributed by atoms with Crippen LogP contribution in [0.3, 0.4) is 0 Å². The molecule has 9 heteroatoms. The maximum absolute atomic E-state index is 13.3. The molecule has 0 spiro atoms. The molecule has 1 aliphatic rings. The van der Waals surface area contributed by atoms with Crippen molar-refractivity contribution in [3.8, 4) is 11.5 Å². The van der Waals surface area contributed by atoms with Gasteiger partial charge in [0.15, 0.2) is 11.5 Å². The summed E-state index contributed by atoms with van der Waals surface area (Å²) in [5, 5.41) is 11.2. The second kappa shape index (κ2) is 11.5. The Morgan fingerprint density at radius 3 is 2.13 bits per heavy atom. The number of likely N-dealkylation sites (tertiary alicyclic amines) is 1. The molecule has 0 saturated carbocycles. The molecule has 1 atom stereocenters. The van der Waals surface area contributed by atoms with E-state index in [0.29, 0.717) is 34.6 Å². The van der Waals surface area contributed by atoms with Gasteiger partial charge in [-0.15, -0.1) is 0 Å². The van der Waals surface area contributed by atoms with Crippen LogP contribution in [0.15, 0.2) is 76.8 Å². The van der Waals surface area contributed by atoms with Gasteiger partial charge < -0.3 is 24.2 Å². The lowest BCUT2D eigenvalue weighted by Gasteiger charge is -2.25. The van der Waals surface area contributed by atoms with Crippen LogP contribution in [0.25, 0.3) is 5.76 Å². The van der Waals surface area contributed by atoms with Gasteiger partial charge in [0, 0.05) is 16.6 Å². The van der Waals surface area contributed by atoms with Gasteiger partial charge in [-0.2, -0.15) is 0 Å². The van der Waals surface area contributed by atoms with E-state index in [2.05, 4.69) is 15.9 Å². The first kappa shape index (κ1) is 26.9. The van der Waals surface area contributed by atoms with Crippen molar-refractivity contribution < 1.29 is 33.7 Å². The lowest BCUT2D eigenvalue weighted by Crippen LogP contribution is -2.31. The highest BCUT2D eigenvalue weighted by atomic mass is 79.9. The van der Waals surface area contributed by atoms with Gasteiger partial charge in [0.25, 0.3) is 11.7 Å². The van der Waals surface area contributed by atoms with E-state index in [9.17, 15) is 19.5 Å². The van der Waals surface area contributed by atoms with Crippen molar-refractivity contribution >= 4 is 39.3 Å². The van der Waals surface area contributed by atoms with Crippen molar-refractivity contribution in [2.75, 3.05) is 27.9 Å². The SMILES string of the molecule is COC(=O)c1ccc(C2/C(=C(/O)c3ccc(Br)cc3)C(=O)C(=O)N2CCc2ccc(OC)c(OC)c2)cc1. The Bertz CT molecular complexity index is 1400. The molecule has 1 saturated heterocycles. The summed E-state index contributed by atoms with van der Waals surface area (Å²) in [4.78, 5) is 39.9. The number of nitrogens with zero attached hydrogens (tertiary/aromatic N) is 1. The van der Waals surface area contributed by atoms with Gasteiger partial charge in [-0.3, -0.25) is 9.59 Å². The van der Waals surface area contributed by atoms with Crippen molar-refractivity contribution in [3.63, 3.8) is 0 Å². The third-order valence-electron chi connectivity index (χ3n) is 6.39. The molecule has 0 aliphatic carbocycles. The second-order valence-electron chi connectivity index (χ2n) is 8.55. The summed E-state index contributed by atoms with van der Waals surface area (Å²) in [6.07, 6.45) is 0.419. The molecule has 4 rings (SSSR count). The highest BCUT2D eigenvalue weighted by Crippen LogP contribution is 2.40. The van der Waals surface area contributed by atoms with E-state index in [4.69, 9.17) is 14.2 Å². The number of rotatable bonds is 8. The number of methoxy groups -OCH3 is 3. The van der Waals surface area contributed by atoms with E-state index in [-0.39, 0.29) is 17.9 Å². The van der Waals surface area contributed by atoms with E-state index in [1.54, 1.807) is 68.8 Å². The molecule has 0 radical (unpaired) electrons. The Kier molecular flexibility index (Phi) is 8.16. The van der Waals surface area contributed by atoms with Crippen LogP contribution >= 0.6 is 15.9 Å². The predicted octanol–water partition coefficient (Wildman–Crippen LogP) is 4.92. The molecule has 1 aliphatic heterocycles. The highest BCUT2D eigenvalue weighted by molar-refractivity contribution is 9.10. The van der Waals surface area contributed by atoms with Gasteiger partial charge in [0.05, 0.1) is 38.5 Å². The largest absolute Gasteiger partial charge is 0.507 e. The Hall–Kier alpha value is -4.11. The van der Waals surface area contributed by atoms with E-state index < -0.39 is 23.7 Å². The number of benzene rings is 3. The maximum atomic E-state index is 13.3. The topological polar surface area (TPSA) is 102 Å². The molecule has 0 aromatic heterocycles. The molecule has 38 heavy (non-hydrogen) atoms. The molecule has 8 nitrogen and oxygen atoms in total. The monoisotopic (exact) mass is 579 g/mol. The van der Waals surface area contributed by atoms with Crippen molar-refractivity contribution in [3.05, 3.63) is 99.0 Å². The molecule has 3 aromatic rings. The molecule has 1 unspecified atom stereocenters. The van der Waals surface area contributed by atoms with Crippen LogP contribution in [0.4, 0.5) is 0 Å². The Balaban J connectivity index is 1.75. The summed E-state index contributed by atoms with van der Waals surface area (Å²) < 4.78 is 16.3. The number of ketones is 1. The van der Waals surface area contributed by atoms with Crippen molar-refractivity contribution in [1.82, 2.24) is 4.90 Å². The number of Topliss-reactive ketones (excluding diaryl/α,β-unsaturated/α-hetero) is 1. The molecular formula is C29H26BrNO7. The summed E-state index contributed by atoms with van der Waals surface area (Å²) in [7, 11) is 4.38. The minimum Gasteiger partial charge on any atom is -0.507 e. The fourth-order valence-corrected chi connectivity index (χ4v) is 4.69. The average Bonchev–Trinajstić information content (AvgIpc) is 3.20. The third-order valence-corrected chi connectivity index (χ3v) is 6.92. The number of aliphatic hydroxyl groups is 1. The van der Waals surface area contributed by atoms with E-state index >= 15 is 0 Å². The smallest absolute Gasteiger partial charge is 0.337 e. The van der Waals surface area contributed by atoms with Crippen molar-refractivity contribution in [1.29, 1.82) is 0 Å². The first-order valence-corrected chi connectivity index (χ1v) is 12.5. The number of hydrogen-bond donors (Lipinski definition) is 1. The minimum atomic E-state index is -0.856. The summed E-state index contributed by atoms with van der Waals surface area (Å²) in [6, 6.07) is 17.8. The number of ether oxygens (including phenoxy) is 3. The molecule has 0 bridgehead atoms. The third kappa shape index (κ3) is 5.28. The summed E-state index contributed by atoms with van der Waals surface area (Å²) in [5.41, 5.74) is 2.16. The first-order valence-electron chi connectivity index (χ1n) is 11.7. The quantitative estimate of drug-likeness (QED) is 0.175. The van der Waals surface area contributed by atoms with Gasteiger partial charge >= 0.3 is 5.97 Å². The number of halogens is 1. The van der Waals surface area contributed by atoms with Crippen LogP contribution < -0.4 is 9.47 Å². The number of esters is 1. The van der Waals surface area contributed by atoms with Crippen LogP contribution in [0.5, 0.6) is 11.5 Å². The number of amides is 1. The van der Waals surface area contributed by atoms with Crippen LogP contribution in [0.1, 0.15) is 33.1 Å². The van der Waals surface area contributed by atoms with Crippen LogP contribution in [-0.2, 0) is 20.7 Å². The normalized spacial score (nSPS) is 16.4. The zero-order valence-electron chi connectivity index (χ0n) is 21.1. The zero-order valence-corrected chi connectivity index (χ0v) is 22.7. The maximum Gasteiger partial charge on any atom is 0.337 e. The second-order valence-corrected chi connectivity index (χ2v) is 9.47. The lowest BCUT2D eigenvalue weighted by atomic mass is 9.94. The molecular weight excluding hydrogens is 554 g/mol. The predicted molar refractivity (Wildman–Crippen MR) is 144 cm³/mol. The average molecular weight is 580 g/mol. The van der Waals surface area contributed by atoms with Gasteiger partial charge in [-0.1, -0.05) is 46.3 Å². The number of hydrogen-bond acceptors (Lipinski definition) is 7. The molecule has 1 fully saturated rings. The summed E-state index contributed by atoms with van der Waals surface area (Å²) >= 11 is 3.36. The standard InChI is InChI=1S/C29H26BrNO7/c1-36-22-13-4-17(16-23(22)37-2)14-15-31-25(18-5-7-20(8-6-18)29(35)38-3)24(27(33)28(31)34)26(32)19-9-11-21(30)12-10-19/h4-13,16,25,32H,14-15H2,1-3H3/b26-24-. The van der Waals surface area contributed by atoms with Crippen LogP contribution in [-0.4, -0.2) is 55.5 Å². The first-order chi connectivity index (χ1) is 18.3. The van der Waals surface area contributed by atoms with Gasteiger partial charge in [-0.25, -0.2) is 4.79 Å². The number of aliphatic hydroxyl groups excluding tert-OH is 1. The van der Waals surface area contributed by atoms with Crippen LogP contribution in [0.2, 0.25) is 0 Å². The van der Waals surface area contributed by atoms with Gasteiger partial charge in [0.1, 0.15) is 5.76 Å². The molecule has 3 aromatic carbocycles. The zero-order chi connectivity index (χ0) is 27.4. The van der Waals surface area contributed by atoms with E-state index in [1.165, 1.54) is 12.0 Å². The van der Waals surface area contributed by atoms with Crippen molar-refractivity contribution in [2.24, 2.45) is 0 Å². The Morgan fingerprint density at radius 2 is 1.53 bits per heavy atom. The molecule has 1 heterocycles. The number of carbonyl (C=O) groups is 3. The fourth-order valence-electron chi connectivity index (χ4n) is 4.43. The minimum absolute atomic E-state index is 0.0181. The number of carbonyl (C=O) groups excluding carboxylic acids is 3. The summed E-state index contributed by atoms with van der Waals surface area (Å²) in [5.74, 6) is -1.14. The molecule has 1 amide bonds. The van der Waals surface area contributed by atoms with Gasteiger partial charge in [0.2, 0.25) is 0 Å². The summed E-state index contributed by atoms with van der Waals surface area (Å²) in [6.45, 7) is 0.195. The lowest BCUT2D eigenvalue weighted by molar-refractivity contribution is -0.139.